The molecule has 0 unspecified atom stereocenters. The summed E-state index contributed by atoms with van der Waals surface area (Å²) in [6.07, 6.45) is 0. The first-order valence-electron chi connectivity index (χ1n) is 6.56. The molecule has 0 bridgehead atoms. The molecule has 0 aliphatic rings. The van der Waals surface area contributed by atoms with Gasteiger partial charge in [0.05, 0.1) is 5.69 Å². The fourth-order valence-corrected chi connectivity index (χ4v) is 1.57. The Labute approximate surface area is 119 Å². The summed E-state index contributed by atoms with van der Waals surface area (Å²) in [5.74, 6) is 0.683. The number of nitrogens with zero attached hydrogens (tertiary/aromatic N) is 2. The zero-order valence-electron chi connectivity index (χ0n) is 11.8. The molecule has 0 saturated carbocycles. The van der Waals surface area contributed by atoms with Crippen LogP contribution in [0.15, 0.2) is 64.8 Å². The molecule has 2 aromatic carbocycles. The van der Waals surface area contributed by atoms with Gasteiger partial charge < -0.3 is 10.5 Å². The van der Waals surface area contributed by atoms with Crippen LogP contribution < -0.4 is 10.5 Å². The average Bonchev–Trinajstić information content (AvgIpc) is 2.47. The van der Waals surface area contributed by atoms with Crippen molar-refractivity contribution in [3.8, 4) is 5.75 Å². The second kappa shape index (κ2) is 6.30. The molecular weight excluding hydrogens is 250 g/mol. The van der Waals surface area contributed by atoms with Crippen molar-refractivity contribution in [1.29, 1.82) is 0 Å². The van der Waals surface area contributed by atoms with E-state index in [1.54, 1.807) is 0 Å². The summed E-state index contributed by atoms with van der Waals surface area (Å²) in [4.78, 5) is 0. The first-order valence-corrected chi connectivity index (χ1v) is 6.56. The van der Waals surface area contributed by atoms with Gasteiger partial charge in [0.1, 0.15) is 17.0 Å². The maximum atomic E-state index is 5.89. The monoisotopic (exact) mass is 269 g/mol. The van der Waals surface area contributed by atoms with Crippen LogP contribution in [-0.4, -0.2) is 12.1 Å². The van der Waals surface area contributed by atoms with E-state index in [0.29, 0.717) is 18.0 Å². The molecule has 4 nitrogen and oxygen atoms in total. The summed E-state index contributed by atoms with van der Waals surface area (Å²) in [6, 6.07) is 17.1. The standard InChI is InChI=1S/C16H19N3O/c1-16(2,12-17)20-15-11-7-6-10-14(15)19-18-13-8-4-3-5-9-13/h3-11H,12,17H2,1-2H3. The second-order valence-electron chi connectivity index (χ2n) is 5.07. The highest BCUT2D eigenvalue weighted by Gasteiger charge is 2.18. The van der Waals surface area contributed by atoms with E-state index in [4.69, 9.17) is 10.5 Å². The Hall–Kier alpha value is -2.20. The third-order valence-electron chi connectivity index (χ3n) is 2.77. The molecule has 2 rings (SSSR count). The summed E-state index contributed by atoms with van der Waals surface area (Å²) in [5.41, 5.74) is 6.76. The maximum Gasteiger partial charge on any atom is 0.147 e. The number of benzene rings is 2. The molecule has 4 heteroatoms. The van der Waals surface area contributed by atoms with Crippen molar-refractivity contribution in [2.45, 2.75) is 19.4 Å². The van der Waals surface area contributed by atoms with Gasteiger partial charge in [-0.2, -0.15) is 5.11 Å². The quantitative estimate of drug-likeness (QED) is 0.826. The van der Waals surface area contributed by atoms with Crippen LogP contribution >= 0.6 is 0 Å². The summed E-state index contributed by atoms with van der Waals surface area (Å²) in [5, 5.41) is 8.46. The number of hydrogen-bond acceptors (Lipinski definition) is 4. The first-order chi connectivity index (χ1) is 9.61. The summed E-state index contributed by atoms with van der Waals surface area (Å²) in [6.45, 7) is 4.31. The van der Waals surface area contributed by atoms with Crippen LogP contribution in [0, 0.1) is 0 Å². The number of para-hydroxylation sites is 1. The van der Waals surface area contributed by atoms with Crippen molar-refractivity contribution in [3.63, 3.8) is 0 Å². The van der Waals surface area contributed by atoms with Gasteiger partial charge in [0, 0.05) is 6.54 Å². The largest absolute Gasteiger partial charge is 0.484 e. The molecule has 0 aromatic heterocycles. The number of ether oxygens (including phenoxy) is 1. The topological polar surface area (TPSA) is 60.0 Å². The van der Waals surface area contributed by atoms with E-state index in [0.717, 1.165) is 5.69 Å². The van der Waals surface area contributed by atoms with Crippen LogP contribution in [-0.2, 0) is 0 Å². The minimum absolute atomic E-state index is 0.428. The minimum atomic E-state index is -0.432. The van der Waals surface area contributed by atoms with Gasteiger partial charge in [-0.1, -0.05) is 30.3 Å². The molecule has 0 aliphatic heterocycles. The van der Waals surface area contributed by atoms with Crippen LogP contribution in [0.3, 0.4) is 0 Å². The molecule has 0 aliphatic carbocycles. The highest BCUT2D eigenvalue weighted by atomic mass is 16.5. The Balaban J connectivity index is 2.22. The zero-order chi connectivity index (χ0) is 14.4. The molecule has 0 fully saturated rings. The van der Waals surface area contributed by atoms with Gasteiger partial charge in [0.2, 0.25) is 0 Å². The smallest absolute Gasteiger partial charge is 0.147 e. The van der Waals surface area contributed by atoms with Crippen LogP contribution in [0.5, 0.6) is 5.75 Å². The normalized spacial score (nSPS) is 11.8. The number of azo groups is 1. The second-order valence-corrected chi connectivity index (χ2v) is 5.07. The van der Waals surface area contributed by atoms with Crippen LogP contribution in [0.4, 0.5) is 11.4 Å². The van der Waals surface area contributed by atoms with Gasteiger partial charge in [-0.3, -0.25) is 0 Å². The molecule has 0 heterocycles. The van der Waals surface area contributed by atoms with E-state index in [-0.39, 0.29) is 0 Å². The fraction of sp³-hybridized carbons (Fsp3) is 0.250. The summed E-state index contributed by atoms with van der Waals surface area (Å²) in [7, 11) is 0. The van der Waals surface area contributed by atoms with Crippen LogP contribution in [0.2, 0.25) is 0 Å². The predicted molar refractivity (Wildman–Crippen MR) is 80.8 cm³/mol. The number of nitrogens with two attached hydrogens (primary N) is 1. The molecule has 0 amide bonds. The maximum absolute atomic E-state index is 5.89. The van der Waals surface area contributed by atoms with Crippen molar-refractivity contribution in [2.75, 3.05) is 6.54 Å². The lowest BCUT2D eigenvalue weighted by atomic mass is 10.1. The lowest BCUT2D eigenvalue weighted by Crippen LogP contribution is -2.37. The fourth-order valence-electron chi connectivity index (χ4n) is 1.57. The Morgan fingerprint density at radius 2 is 1.60 bits per heavy atom. The third kappa shape index (κ3) is 3.90. The van der Waals surface area contributed by atoms with Crippen molar-refractivity contribution in [3.05, 3.63) is 54.6 Å². The highest BCUT2D eigenvalue weighted by Crippen LogP contribution is 2.31. The van der Waals surface area contributed by atoms with E-state index >= 15 is 0 Å². The number of rotatable bonds is 5. The average molecular weight is 269 g/mol. The lowest BCUT2D eigenvalue weighted by molar-refractivity contribution is 0.119. The van der Waals surface area contributed by atoms with Crippen LogP contribution in [0.1, 0.15) is 13.8 Å². The van der Waals surface area contributed by atoms with Crippen molar-refractivity contribution in [1.82, 2.24) is 0 Å². The van der Waals surface area contributed by atoms with Gasteiger partial charge in [-0.05, 0) is 38.1 Å². The summed E-state index contributed by atoms with van der Waals surface area (Å²) < 4.78 is 5.89. The first kappa shape index (κ1) is 14.2. The molecule has 20 heavy (non-hydrogen) atoms. The Kier molecular flexibility index (Phi) is 4.48. The van der Waals surface area contributed by atoms with Gasteiger partial charge >= 0.3 is 0 Å². The van der Waals surface area contributed by atoms with E-state index in [1.807, 2.05) is 68.4 Å². The minimum Gasteiger partial charge on any atom is -0.484 e. The highest BCUT2D eigenvalue weighted by molar-refractivity contribution is 5.51. The lowest BCUT2D eigenvalue weighted by Gasteiger charge is -2.25. The zero-order valence-corrected chi connectivity index (χ0v) is 11.8. The van der Waals surface area contributed by atoms with E-state index in [2.05, 4.69) is 10.2 Å². The van der Waals surface area contributed by atoms with Gasteiger partial charge in [0.15, 0.2) is 0 Å². The molecule has 2 N–H and O–H groups in total. The van der Waals surface area contributed by atoms with Gasteiger partial charge in [-0.25, -0.2) is 0 Å². The van der Waals surface area contributed by atoms with Crippen molar-refractivity contribution < 1.29 is 4.74 Å². The molecule has 0 radical (unpaired) electrons. The Bertz CT molecular complexity index is 579. The Morgan fingerprint density at radius 3 is 2.30 bits per heavy atom. The van der Waals surface area contributed by atoms with Gasteiger partial charge in [0.25, 0.3) is 0 Å². The van der Waals surface area contributed by atoms with E-state index in [1.165, 1.54) is 0 Å². The molecule has 2 aromatic rings. The van der Waals surface area contributed by atoms with Crippen LogP contribution in [0.25, 0.3) is 0 Å². The molecular formula is C16H19N3O. The molecule has 0 spiro atoms. The molecule has 0 saturated heterocycles. The molecule has 104 valence electrons. The van der Waals surface area contributed by atoms with Gasteiger partial charge in [-0.15, -0.1) is 5.11 Å². The van der Waals surface area contributed by atoms with Crippen molar-refractivity contribution >= 4 is 11.4 Å². The van der Waals surface area contributed by atoms with Crippen molar-refractivity contribution in [2.24, 2.45) is 16.0 Å². The van der Waals surface area contributed by atoms with E-state index in [9.17, 15) is 0 Å². The molecule has 0 atom stereocenters. The SMILES string of the molecule is CC(C)(CN)Oc1ccccc1N=Nc1ccccc1. The number of hydrogen-bond donors (Lipinski definition) is 1. The predicted octanol–water partition coefficient (Wildman–Crippen LogP) is 4.22. The summed E-state index contributed by atoms with van der Waals surface area (Å²) >= 11 is 0. The third-order valence-corrected chi connectivity index (χ3v) is 2.77. The Morgan fingerprint density at radius 1 is 0.950 bits per heavy atom. The van der Waals surface area contributed by atoms with E-state index < -0.39 is 5.60 Å².